The molecule has 1 N–H and O–H groups in total. The monoisotopic (exact) mass is 290 g/mol. The second-order valence-corrected chi connectivity index (χ2v) is 7.17. The summed E-state index contributed by atoms with van der Waals surface area (Å²) in [6, 6.07) is 11.2. The minimum atomic E-state index is 0.294. The fourth-order valence-electron chi connectivity index (χ4n) is 2.82. The quantitative estimate of drug-likeness (QED) is 0.922. The lowest BCUT2D eigenvalue weighted by atomic mass is 9.86. The Balaban J connectivity index is 1.87. The highest BCUT2D eigenvalue weighted by Gasteiger charge is 2.30. The molecular formula is C18H30N2O. The van der Waals surface area contributed by atoms with E-state index in [0.717, 1.165) is 32.0 Å². The number of para-hydroxylation sites is 1. The van der Waals surface area contributed by atoms with E-state index in [0.29, 0.717) is 17.5 Å². The van der Waals surface area contributed by atoms with Gasteiger partial charge >= 0.3 is 0 Å². The fourth-order valence-corrected chi connectivity index (χ4v) is 2.82. The molecule has 0 spiro atoms. The predicted octanol–water partition coefficient (Wildman–Crippen LogP) is 3.16. The van der Waals surface area contributed by atoms with Crippen LogP contribution in [-0.4, -0.2) is 43.2 Å². The molecule has 1 heterocycles. The molecule has 1 aliphatic rings. The molecule has 118 valence electrons. The summed E-state index contributed by atoms with van der Waals surface area (Å²) in [5.41, 5.74) is 0.294. The molecule has 0 aromatic heterocycles. The normalized spacial score (nSPS) is 24.6. The summed E-state index contributed by atoms with van der Waals surface area (Å²) in [6.45, 7) is 13.2. The van der Waals surface area contributed by atoms with Crippen LogP contribution in [0.3, 0.4) is 0 Å². The molecule has 1 aromatic rings. The lowest BCUT2D eigenvalue weighted by Crippen LogP contribution is -2.48. The smallest absolute Gasteiger partial charge is 0.119 e. The number of rotatable bonds is 4. The Kier molecular flexibility index (Phi) is 5.65. The van der Waals surface area contributed by atoms with Gasteiger partial charge in [-0.2, -0.15) is 0 Å². The third kappa shape index (κ3) is 5.01. The average Bonchev–Trinajstić information content (AvgIpc) is 2.62. The molecule has 2 atom stereocenters. The molecule has 1 aromatic carbocycles. The Labute approximate surface area is 129 Å². The second kappa shape index (κ2) is 7.28. The van der Waals surface area contributed by atoms with E-state index in [1.807, 2.05) is 30.3 Å². The Morgan fingerprint density at radius 3 is 2.62 bits per heavy atom. The molecule has 21 heavy (non-hydrogen) atoms. The largest absolute Gasteiger partial charge is 0.492 e. The SMILES string of the molecule is CC1CCNC(C(C)(C)C)CN1CCOc1ccccc1. The van der Waals surface area contributed by atoms with E-state index >= 15 is 0 Å². The summed E-state index contributed by atoms with van der Waals surface area (Å²) in [5, 5.41) is 3.71. The highest BCUT2D eigenvalue weighted by Crippen LogP contribution is 2.23. The van der Waals surface area contributed by atoms with Crippen LogP contribution in [0.4, 0.5) is 0 Å². The van der Waals surface area contributed by atoms with Crippen LogP contribution in [0.5, 0.6) is 5.75 Å². The number of benzene rings is 1. The van der Waals surface area contributed by atoms with Gasteiger partial charge in [0, 0.05) is 25.2 Å². The van der Waals surface area contributed by atoms with Crippen molar-refractivity contribution in [2.45, 2.75) is 46.2 Å². The zero-order chi connectivity index (χ0) is 15.3. The molecule has 3 heteroatoms. The van der Waals surface area contributed by atoms with Crippen molar-refractivity contribution in [3.63, 3.8) is 0 Å². The highest BCUT2D eigenvalue weighted by atomic mass is 16.5. The van der Waals surface area contributed by atoms with Gasteiger partial charge in [0.15, 0.2) is 0 Å². The first-order valence-corrected chi connectivity index (χ1v) is 8.12. The molecule has 1 saturated heterocycles. The fraction of sp³-hybridized carbons (Fsp3) is 0.667. The van der Waals surface area contributed by atoms with Gasteiger partial charge in [-0.15, -0.1) is 0 Å². The Bertz CT molecular complexity index is 413. The third-order valence-electron chi connectivity index (χ3n) is 4.43. The Morgan fingerprint density at radius 2 is 1.95 bits per heavy atom. The number of ether oxygens (including phenoxy) is 1. The van der Waals surface area contributed by atoms with Crippen LogP contribution in [0.2, 0.25) is 0 Å². The lowest BCUT2D eigenvalue weighted by Gasteiger charge is -2.35. The molecular weight excluding hydrogens is 260 g/mol. The first-order valence-electron chi connectivity index (χ1n) is 8.12. The van der Waals surface area contributed by atoms with Gasteiger partial charge in [0.2, 0.25) is 0 Å². The van der Waals surface area contributed by atoms with Crippen LogP contribution < -0.4 is 10.1 Å². The van der Waals surface area contributed by atoms with Gasteiger partial charge in [0.1, 0.15) is 12.4 Å². The van der Waals surface area contributed by atoms with Crippen molar-refractivity contribution in [3.05, 3.63) is 30.3 Å². The molecule has 1 fully saturated rings. The van der Waals surface area contributed by atoms with Crippen molar-refractivity contribution in [1.82, 2.24) is 10.2 Å². The van der Waals surface area contributed by atoms with E-state index in [9.17, 15) is 0 Å². The summed E-state index contributed by atoms with van der Waals surface area (Å²) >= 11 is 0. The number of hydrogen-bond acceptors (Lipinski definition) is 3. The summed E-state index contributed by atoms with van der Waals surface area (Å²) in [4.78, 5) is 2.57. The van der Waals surface area contributed by atoms with Gasteiger partial charge < -0.3 is 10.1 Å². The highest BCUT2D eigenvalue weighted by molar-refractivity contribution is 5.20. The summed E-state index contributed by atoms with van der Waals surface area (Å²) in [5.74, 6) is 0.963. The van der Waals surface area contributed by atoms with E-state index in [1.54, 1.807) is 0 Å². The second-order valence-electron chi connectivity index (χ2n) is 7.17. The summed E-state index contributed by atoms with van der Waals surface area (Å²) in [7, 11) is 0. The maximum Gasteiger partial charge on any atom is 0.119 e. The Hall–Kier alpha value is -1.06. The van der Waals surface area contributed by atoms with E-state index < -0.39 is 0 Å². The van der Waals surface area contributed by atoms with Crippen molar-refractivity contribution in [2.24, 2.45) is 5.41 Å². The molecule has 0 radical (unpaired) electrons. The van der Waals surface area contributed by atoms with Gasteiger partial charge in [-0.3, -0.25) is 4.90 Å². The van der Waals surface area contributed by atoms with Crippen LogP contribution >= 0.6 is 0 Å². The van der Waals surface area contributed by atoms with Crippen molar-refractivity contribution < 1.29 is 4.74 Å². The lowest BCUT2D eigenvalue weighted by molar-refractivity contribution is 0.139. The topological polar surface area (TPSA) is 24.5 Å². The Morgan fingerprint density at radius 1 is 1.24 bits per heavy atom. The van der Waals surface area contributed by atoms with E-state index in [1.165, 1.54) is 6.42 Å². The molecule has 2 unspecified atom stereocenters. The average molecular weight is 290 g/mol. The van der Waals surface area contributed by atoms with Gasteiger partial charge in [-0.1, -0.05) is 39.0 Å². The van der Waals surface area contributed by atoms with Crippen molar-refractivity contribution in [2.75, 3.05) is 26.2 Å². The minimum absolute atomic E-state index is 0.294. The molecule has 3 nitrogen and oxygen atoms in total. The number of nitrogens with one attached hydrogen (secondary N) is 1. The van der Waals surface area contributed by atoms with Crippen molar-refractivity contribution in [3.8, 4) is 5.75 Å². The molecule has 2 rings (SSSR count). The van der Waals surface area contributed by atoms with Crippen molar-refractivity contribution in [1.29, 1.82) is 0 Å². The summed E-state index contributed by atoms with van der Waals surface area (Å²) in [6.07, 6.45) is 1.21. The molecule has 0 amide bonds. The van der Waals surface area contributed by atoms with Gasteiger partial charge in [-0.05, 0) is 37.4 Å². The summed E-state index contributed by atoms with van der Waals surface area (Å²) < 4.78 is 5.86. The first-order chi connectivity index (χ1) is 9.97. The maximum absolute atomic E-state index is 5.86. The van der Waals surface area contributed by atoms with E-state index in [2.05, 4.69) is 37.9 Å². The zero-order valence-electron chi connectivity index (χ0n) is 13.9. The van der Waals surface area contributed by atoms with Crippen LogP contribution in [0.1, 0.15) is 34.1 Å². The van der Waals surface area contributed by atoms with Crippen LogP contribution in [0, 0.1) is 5.41 Å². The number of nitrogens with zero attached hydrogens (tertiary/aromatic N) is 1. The van der Waals surface area contributed by atoms with Crippen LogP contribution in [-0.2, 0) is 0 Å². The molecule has 0 aliphatic carbocycles. The molecule has 1 aliphatic heterocycles. The maximum atomic E-state index is 5.86. The first kappa shape index (κ1) is 16.3. The van der Waals surface area contributed by atoms with E-state index in [-0.39, 0.29) is 0 Å². The van der Waals surface area contributed by atoms with Gasteiger partial charge in [-0.25, -0.2) is 0 Å². The third-order valence-corrected chi connectivity index (χ3v) is 4.43. The van der Waals surface area contributed by atoms with Gasteiger partial charge in [0.25, 0.3) is 0 Å². The predicted molar refractivity (Wildman–Crippen MR) is 88.8 cm³/mol. The van der Waals surface area contributed by atoms with Crippen LogP contribution in [0.25, 0.3) is 0 Å². The molecule has 0 saturated carbocycles. The minimum Gasteiger partial charge on any atom is -0.492 e. The standard InChI is InChI=1S/C18H30N2O/c1-15-10-11-19-17(18(2,3)4)14-20(15)12-13-21-16-8-6-5-7-9-16/h5-9,15,17,19H,10-14H2,1-4H3. The van der Waals surface area contributed by atoms with Crippen molar-refractivity contribution >= 4 is 0 Å². The van der Waals surface area contributed by atoms with Crippen LogP contribution in [0.15, 0.2) is 30.3 Å². The number of hydrogen-bond donors (Lipinski definition) is 1. The molecule has 0 bridgehead atoms. The zero-order valence-corrected chi connectivity index (χ0v) is 13.9. The van der Waals surface area contributed by atoms with E-state index in [4.69, 9.17) is 4.74 Å². The van der Waals surface area contributed by atoms with Gasteiger partial charge in [0.05, 0.1) is 0 Å².